The third-order valence-electron chi connectivity index (χ3n) is 1.99. The molecule has 0 atom stereocenters. The van der Waals surface area contributed by atoms with Gasteiger partial charge in [0, 0.05) is 18.4 Å². The molecule has 0 fully saturated rings. The van der Waals surface area contributed by atoms with Crippen LogP contribution in [0.3, 0.4) is 0 Å². The number of carbonyl (C=O) groups excluding carboxylic acids is 1. The molecule has 17 heavy (non-hydrogen) atoms. The predicted octanol–water partition coefficient (Wildman–Crippen LogP) is 2.48. The van der Waals surface area contributed by atoms with E-state index < -0.39 is 0 Å². The summed E-state index contributed by atoms with van der Waals surface area (Å²) in [6.07, 6.45) is 4.11. The van der Waals surface area contributed by atoms with Gasteiger partial charge in [-0.15, -0.1) is 0 Å². The van der Waals surface area contributed by atoms with Gasteiger partial charge in [-0.25, -0.2) is 0 Å². The Kier molecular flexibility index (Phi) is 5.63. The number of hydrogen-bond acceptors (Lipinski definition) is 4. The molecule has 0 aliphatic rings. The summed E-state index contributed by atoms with van der Waals surface area (Å²) < 4.78 is 10.7. The van der Waals surface area contributed by atoms with Gasteiger partial charge in [0.05, 0.1) is 12.3 Å². The molecule has 0 radical (unpaired) electrons. The Bertz CT molecular complexity index is 363. The number of nitrogens with zero attached hydrogens (tertiary/aromatic N) is 1. The quantitative estimate of drug-likeness (QED) is 0.540. The Labute approximate surface area is 102 Å². The number of pyridine rings is 1. The molecular formula is C13H19NO3. The molecule has 0 saturated carbocycles. The molecule has 0 spiro atoms. The number of rotatable bonds is 7. The number of aromatic nitrogens is 1. The number of hydrogen-bond donors (Lipinski definition) is 0. The van der Waals surface area contributed by atoms with E-state index in [-0.39, 0.29) is 18.5 Å². The van der Waals surface area contributed by atoms with Gasteiger partial charge in [-0.2, -0.15) is 0 Å². The molecule has 0 bridgehead atoms. The lowest BCUT2D eigenvalue weighted by Crippen LogP contribution is -2.11. The fourth-order valence-electron chi connectivity index (χ4n) is 1.30. The molecule has 1 heterocycles. The molecular weight excluding hydrogens is 218 g/mol. The molecule has 4 nitrogen and oxygen atoms in total. The Morgan fingerprint density at radius 3 is 2.82 bits per heavy atom. The Hall–Kier alpha value is -1.42. The van der Waals surface area contributed by atoms with Crippen LogP contribution in [0, 0.1) is 0 Å². The van der Waals surface area contributed by atoms with Crippen LogP contribution in [-0.2, 0) is 4.74 Å². The van der Waals surface area contributed by atoms with Crippen molar-refractivity contribution in [3.63, 3.8) is 0 Å². The summed E-state index contributed by atoms with van der Waals surface area (Å²) in [5, 5.41) is 0. The first-order chi connectivity index (χ1) is 8.13. The van der Waals surface area contributed by atoms with E-state index in [0.717, 1.165) is 6.42 Å². The van der Waals surface area contributed by atoms with Crippen molar-refractivity contribution < 1.29 is 14.3 Å². The SMILES string of the molecule is CCCOCC(=O)c1cncc(OC(C)C)c1. The van der Waals surface area contributed by atoms with E-state index in [1.54, 1.807) is 12.3 Å². The summed E-state index contributed by atoms with van der Waals surface area (Å²) in [7, 11) is 0. The fraction of sp³-hybridized carbons (Fsp3) is 0.538. The maximum absolute atomic E-state index is 11.7. The average Bonchev–Trinajstić information content (AvgIpc) is 2.28. The molecule has 1 aromatic heterocycles. The standard InChI is InChI=1S/C13H19NO3/c1-4-5-16-9-13(15)11-6-12(8-14-7-11)17-10(2)3/h6-8,10H,4-5,9H2,1-3H3. The highest BCUT2D eigenvalue weighted by Gasteiger charge is 2.08. The average molecular weight is 237 g/mol. The number of ketones is 1. The molecule has 0 aromatic carbocycles. The van der Waals surface area contributed by atoms with Crippen molar-refractivity contribution in [2.45, 2.75) is 33.3 Å². The maximum Gasteiger partial charge on any atom is 0.190 e. The Balaban J connectivity index is 2.60. The first-order valence-corrected chi connectivity index (χ1v) is 5.86. The summed E-state index contributed by atoms with van der Waals surface area (Å²) in [5.74, 6) is 0.543. The third kappa shape index (κ3) is 4.95. The van der Waals surface area contributed by atoms with Crippen molar-refractivity contribution in [1.29, 1.82) is 0 Å². The molecule has 4 heteroatoms. The molecule has 0 N–H and O–H groups in total. The minimum Gasteiger partial charge on any atom is -0.489 e. The van der Waals surface area contributed by atoms with Crippen molar-refractivity contribution in [3.8, 4) is 5.75 Å². The molecule has 0 unspecified atom stereocenters. The number of carbonyl (C=O) groups is 1. The second kappa shape index (κ2) is 7.01. The van der Waals surface area contributed by atoms with E-state index >= 15 is 0 Å². The van der Waals surface area contributed by atoms with Crippen LogP contribution in [0.25, 0.3) is 0 Å². The van der Waals surface area contributed by atoms with Crippen LogP contribution < -0.4 is 4.74 Å². The largest absolute Gasteiger partial charge is 0.489 e. The van der Waals surface area contributed by atoms with Gasteiger partial charge in [0.15, 0.2) is 5.78 Å². The summed E-state index contributed by atoms with van der Waals surface area (Å²) >= 11 is 0. The zero-order valence-corrected chi connectivity index (χ0v) is 10.6. The van der Waals surface area contributed by atoms with E-state index in [9.17, 15) is 4.79 Å². The van der Waals surface area contributed by atoms with Crippen molar-refractivity contribution in [3.05, 3.63) is 24.0 Å². The van der Waals surface area contributed by atoms with Crippen molar-refractivity contribution >= 4 is 5.78 Å². The first-order valence-electron chi connectivity index (χ1n) is 5.86. The highest BCUT2D eigenvalue weighted by molar-refractivity contribution is 5.97. The van der Waals surface area contributed by atoms with Crippen LogP contribution in [-0.4, -0.2) is 30.1 Å². The molecule has 0 amide bonds. The highest BCUT2D eigenvalue weighted by Crippen LogP contribution is 2.13. The minimum atomic E-state index is -0.0693. The van der Waals surface area contributed by atoms with Crippen LogP contribution in [0.4, 0.5) is 0 Å². The zero-order valence-electron chi connectivity index (χ0n) is 10.6. The van der Waals surface area contributed by atoms with Crippen LogP contribution in [0.1, 0.15) is 37.6 Å². The molecule has 94 valence electrons. The molecule has 0 saturated heterocycles. The van der Waals surface area contributed by atoms with Crippen LogP contribution in [0.2, 0.25) is 0 Å². The van der Waals surface area contributed by atoms with Crippen molar-refractivity contribution in [1.82, 2.24) is 4.98 Å². The fourth-order valence-corrected chi connectivity index (χ4v) is 1.30. The smallest absolute Gasteiger partial charge is 0.190 e. The van der Waals surface area contributed by atoms with Gasteiger partial charge in [0.2, 0.25) is 0 Å². The lowest BCUT2D eigenvalue weighted by atomic mass is 10.2. The molecule has 1 aromatic rings. The monoisotopic (exact) mass is 237 g/mol. The maximum atomic E-state index is 11.7. The molecule has 0 aliphatic heterocycles. The van der Waals surface area contributed by atoms with Gasteiger partial charge in [-0.05, 0) is 26.3 Å². The second-order valence-electron chi connectivity index (χ2n) is 4.05. The summed E-state index contributed by atoms with van der Waals surface area (Å²) in [4.78, 5) is 15.7. The van der Waals surface area contributed by atoms with Gasteiger partial charge >= 0.3 is 0 Å². The highest BCUT2D eigenvalue weighted by atomic mass is 16.5. The lowest BCUT2D eigenvalue weighted by Gasteiger charge is -2.09. The first kappa shape index (κ1) is 13.6. The van der Waals surface area contributed by atoms with E-state index in [1.165, 1.54) is 6.20 Å². The van der Waals surface area contributed by atoms with Crippen LogP contribution in [0.15, 0.2) is 18.5 Å². The van der Waals surface area contributed by atoms with E-state index in [2.05, 4.69) is 4.98 Å². The third-order valence-corrected chi connectivity index (χ3v) is 1.99. The molecule has 0 aliphatic carbocycles. The van der Waals surface area contributed by atoms with Gasteiger partial charge in [-0.3, -0.25) is 9.78 Å². The Morgan fingerprint density at radius 1 is 1.41 bits per heavy atom. The lowest BCUT2D eigenvalue weighted by molar-refractivity contribution is 0.0760. The van der Waals surface area contributed by atoms with E-state index in [0.29, 0.717) is 17.9 Å². The second-order valence-corrected chi connectivity index (χ2v) is 4.05. The zero-order chi connectivity index (χ0) is 12.7. The predicted molar refractivity (Wildman–Crippen MR) is 65.4 cm³/mol. The topological polar surface area (TPSA) is 48.4 Å². The van der Waals surface area contributed by atoms with Crippen molar-refractivity contribution in [2.75, 3.05) is 13.2 Å². The summed E-state index contributed by atoms with van der Waals surface area (Å²) in [5.41, 5.74) is 0.527. The minimum absolute atomic E-state index is 0.0680. The van der Waals surface area contributed by atoms with Crippen LogP contribution in [0.5, 0.6) is 5.75 Å². The van der Waals surface area contributed by atoms with Crippen molar-refractivity contribution in [2.24, 2.45) is 0 Å². The summed E-state index contributed by atoms with van der Waals surface area (Å²) in [6.45, 7) is 6.56. The van der Waals surface area contributed by atoms with Gasteiger partial charge in [0.1, 0.15) is 12.4 Å². The van der Waals surface area contributed by atoms with Gasteiger partial charge < -0.3 is 9.47 Å². The summed E-state index contributed by atoms with van der Waals surface area (Å²) in [6, 6.07) is 1.70. The molecule has 1 rings (SSSR count). The number of ether oxygens (including phenoxy) is 2. The van der Waals surface area contributed by atoms with Crippen LogP contribution >= 0.6 is 0 Å². The van der Waals surface area contributed by atoms with E-state index in [4.69, 9.17) is 9.47 Å². The van der Waals surface area contributed by atoms with Gasteiger partial charge in [0.25, 0.3) is 0 Å². The normalized spacial score (nSPS) is 10.6. The number of Topliss-reactive ketones (excluding diaryl/α,β-unsaturated/α-hetero) is 1. The Morgan fingerprint density at radius 2 is 2.18 bits per heavy atom. The van der Waals surface area contributed by atoms with E-state index in [1.807, 2.05) is 20.8 Å². The van der Waals surface area contributed by atoms with Gasteiger partial charge in [-0.1, -0.05) is 6.92 Å².